The molecule has 1 amide bonds. The van der Waals surface area contributed by atoms with Crippen molar-refractivity contribution in [3.8, 4) is 0 Å². The summed E-state index contributed by atoms with van der Waals surface area (Å²) in [5, 5.41) is 9.14. The van der Waals surface area contributed by atoms with E-state index in [0.29, 0.717) is 29.6 Å². The van der Waals surface area contributed by atoms with Crippen LogP contribution in [0.1, 0.15) is 20.8 Å². The molecule has 146 valence electrons. The van der Waals surface area contributed by atoms with Crippen molar-refractivity contribution in [2.45, 2.75) is 32.9 Å². The van der Waals surface area contributed by atoms with Crippen LogP contribution in [0.3, 0.4) is 0 Å². The molecule has 0 bridgehead atoms. The molecule has 3 N–H and O–H groups in total. The van der Waals surface area contributed by atoms with Crippen LogP contribution in [0.4, 0.5) is 10.1 Å². The molecule has 1 fully saturated rings. The lowest BCUT2D eigenvalue weighted by Crippen LogP contribution is -2.48. The molecule has 26 heavy (non-hydrogen) atoms. The molecule has 1 aromatic rings. The Bertz CT molecular complexity index is 608. The van der Waals surface area contributed by atoms with Crippen LogP contribution in [0.5, 0.6) is 0 Å². The Balaban J connectivity index is 0.00000338. The van der Waals surface area contributed by atoms with Crippen molar-refractivity contribution >= 4 is 41.5 Å². The minimum atomic E-state index is -0.332. The summed E-state index contributed by atoms with van der Waals surface area (Å²) in [5.74, 6) is 0.574. The smallest absolute Gasteiger partial charge is 0.243 e. The van der Waals surface area contributed by atoms with Crippen LogP contribution in [0.2, 0.25) is 0 Å². The number of anilines is 1. The van der Waals surface area contributed by atoms with E-state index in [1.165, 1.54) is 24.3 Å². The molecule has 1 aliphatic heterocycles. The van der Waals surface area contributed by atoms with Crippen molar-refractivity contribution < 1.29 is 9.18 Å². The molecular weight excluding hydrogens is 448 g/mol. The van der Waals surface area contributed by atoms with Gasteiger partial charge >= 0.3 is 0 Å². The Morgan fingerprint density at radius 2 is 1.96 bits per heavy atom. The fourth-order valence-corrected chi connectivity index (χ4v) is 2.89. The number of benzene rings is 1. The molecule has 0 aromatic heterocycles. The topological polar surface area (TPSA) is 68.8 Å². The number of aliphatic imine (C=N–C) groups is 1. The Kier molecular flexibility index (Phi) is 9.28. The SMILES string of the molecule is CN=C(NCC(=O)Nc1ccc(F)cc1)NC1CN(C(C)C)CC1C.I. The number of carbonyl (C=O) groups is 1. The first-order chi connectivity index (χ1) is 11.9. The molecule has 1 saturated heterocycles. The predicted octanol–water partition coefficient (Wildman–Crippen LogP) is 2.28. The summed E-state index contributed by atoms with van der Waals surface area (Å²) >= 11 is 0. The fraction of sp³-hybridized carbons (Fsp3) is 0.556. The summed E-state index contributed by atoms with van der Waals surface area (Å²) in [6.07, 6.45) is 0. The molecule has 6 nitrogen and oxygen atoms in total. The largest absolute Gasteiger partial charge is 0.352 e. The number of likely N-dealkylation sites (tertiary alicyclic amines) is 1. The molecule has 0 radical (unpaired) electrons. The van der Waals surface area contributed by atoms with Gasteiger partial charge in [-0.25, -0.2) is 4.39 Å². The molecule has 1 heterocycles. The number of carbonyl (C=O) groups excluding carboxylic acids is 1. The summed E-state index contributed by atoms with van der Waals surface area (Å²) in [6.45, 7) is 8.71. The minimum Gasteiger partial charge on any atom is -0.352 e. The van der Waals surface area contributed by atoms with Crippen LogP contribution < -0.4 is 16.0 Å². The fourth-order valence-electron chi connectivity index (χ4n) is 2.89. The zero-order valence-electron chi connectivity index (χ0n) is 15.8. The standard InChI is InChI=1S/C18H28FN5O.HI/c1-12(2)24-10-13(3)16(11-24)23-18(20-4)21-9-17(25)22-15-7-5-14(19)6-8-15;/h5-8,12-13,16H,9-11H2,1-4H3,(H,22,25)(H2,20,21,23);1H. The highest BCUT2D eigenvalue weighted by molar-refractivity contribution is 14.0. The average molecular weight is 477 g/mol. The maximum atomic E-state index is 12.9. The molecule has 2 unspecified atom stereocenters. The Morgan fingerprint density at radius 1 is 1.31 bits per heavy atom. The average Bonchev–Trinajstić information content (AvgIpc) is 2.94. The van der Waals surface area contributed by atoms with E-state index >= 15 is 0 Å². The lowest BCUT2D eigenvalue weighted by molar-refractivity contribution is -0.115. The van der Waals surface area contributed by atoms with Crippen molar-refractivity contribution in [3.05, 3.63) is 30.1 Å². The van der Waals surface area contributed by atoms with E-state index in [9.17, 15) is 9.18 Å². The number of guanidine groups is 1. The van der Waals surface area contributed by atoms with E-state index in [1.54, 1.807) is 7.05 Å². The van der Waals surface area contributed by atoms with Gasteiger partial charge in [-0.1, -0.05) is 6.92 Å². The third-order valence-electron chi connectivity index (χ3n) is 4.46. The van der Waals surface area contributed by atoms with Gasteiger partial charge in [0.15, 0.2) is 5.96 Å². The molecule has 2 atom stereocenters. The second kappa shape index (κ2) is 10.7. The van der Waals surface area contributed by atoms with Crippen molar-refractivity contribution in [2.75, 3.05) is 32.0 Å². The third kappa shape index (κ3) is 6.71. The number of nitrogens with one attached hydrogen (secondary N) is 3. The van der Waals surface area contributed by atoms with Gasteiger partial charge in [0.25, 0.3) is 0 Å². The number of rotatable bonds is 5. The van der Waals surface area contributed by atoms with Gasteiger partial charge in [0.05, 0.1) is 6.54 Å². The molecule has 1 aliphatic rings. The summed E-state index contributed by atoms with van der Waals surface area (Å²) < 4.78 is 12.9. The van der Waals surface area contributed by atoms with Gasteiger partial charge in [0, 0.05) is 37.9 Å². The first-order valence-corrected chi connectivity index (χ1v) is 8.65. The van der Waals surface area contributed by atoms with E-state index in [4.69, 9.17) is 0 Å². The number of halogens is 2. The maximum Gasteiger partial charge on any atom is 0.243 e. The highest BCUT2D eigenvalue weighted by Crippen LogP contribution is 2.18. The van der Waals surface area contributed by atoms with Gasteiger partial charge in [0.2, 0.25) is 5.91 Å². The Morgan fingerprint density at radius 3 is 2.50 bits per heavy atom. The van der Waals surface area contributed by atoms with E-state index in [0.717, 1.165) is 13.1 Å². The van der Waals surface area contributed by atoms with Crippen LogP contribution in [-0.2, 0) is 4.79 Å². The summed E-state index contributed by atoms with van der Waals surface area (Å²) in [6, 6.07) is 6.50. The molecule has 0 aliphatic carbocycles. The molecule has 2 rings (SSSR count). The van der Waals surface area contributed by atoms with Crippen molar-refractivity contribution in [2.24, 2.45) is 10.9 Å². The van der Waals surface area contributed by atoms with Crippen LogP contribution in [0, 0.1) is 11.7 Å². The first-order valence-electron chi connectivity index (χ1n) is 8.65. The van der Waals surface area contributed by atoms with Crippen LogP contribution in [-0.4, -0.2) is 55.5 Å². The van der Waals surface area contributed by atoms with Gasteiger partial charge in [0.1, 0.15) is 5.82 Å². The number of amides is 1. The van der Waals surface area contributed by atoms with Gasteiger partial charge < -0.3 is 16.0 Å². The zero-order valence-corrected chi connectivity index (χ0v) is 18.1. The van der Waals surface area contributed by atoms with E-state index in [-0.39, 0.29) is 42.2 Å². The second-order valence-corrected chi connectivity index (χ2v) is 6.76. The van der Waals surface area contributed by atoms with Crippen molar-refractivity contribution in [1.29, 1.82) is 0 Å². The Labute approximate surface area is 172 Å². The summed E-state index contributed by atoms with van der Waals surface area (Å²) in [5.41, 5.74) is 0.563. The number of nitrogens with zero attached hydrogens (tertiary/aromatic N) is 2. The predicted molar refractivity (Wildman–Crippen MR) is 115 cm³/mol. The molecular formula is C18H29FIN5O. The quantitative estimate of drug-likeness (QED) is 0.346. The van der Waals surface area contributed by atoms with Crippen LogP contribution in [0.25, 0.3) is 0 Å². The van der Waals surface area contributed by atoms with Gasteiger partial charge in [-0.3, -0.25) is 14.7 Å². The monoisotopic (exact) mass is 477 g/mol. The molecule has 1 aromatic carbocycles. The van der Waals surface area contributed by atoms with Gasteiger partial charge in [-0.15, -0.1) is 24.0 Å². The lowest BCUT2D eigenvalue weighted by Gasteiger charge is -2.21. The molecule has 0 spiro atoms. The minimum absolute atomic E-state index is 0. The van der Waals surface area contributed by atoms with Crippen molar-refractivity contribution in [3.63, 3.8) is 0 Å². The normalized spacial score (nSPS) is 20.6. The van der Waals surface area contributed by atoms with Gasteiger partial charge in [-0.2, -0.15) is 0 Å². The molecule has 8 heteroatoms. The van der Waals surface area contributed by atoms with E-state index < -0.39 is 0 Å². The first kappa shape index (κ1) is 22.6. The summed E-state index contributed by atoms with van der Waals surface area (Å²) in [7, 11) is 1.69. The van der Waals surface area contributed by atoms with Crippen molar-refractivity contribution in [1.82, 2.24) is 15.5 Å². The molecule has 0 saturated carbocycles. The van der Waals surface area contributed by atoms with E-state index in [2.05, 4.69) is 46.6 Å². The van der Waals surface area contributed by atoms with Crippen LogP contribution in [0.15, 0.2) is 29.3 Å². The zero-order chi connectivity index (χ0) is 18.4. The highest BCUT2D eigenvalue weighted by atomic mass is 127. The lowest BCUT2D eigenvalue weighted by atomic mass is 10.1. The second-order valence-electron chi connectivity index (χ2n) is 6.76. The summed E-state index contributed by atoms with van der Waals surface area (Å²) in [4.78, 5) is 18.6. The maximum absolute atomic E-state index is 12.9. The van der Waals surface area contributed by atoms with Crippen LogP contribution >= 0.6 is 24.0 Å². The highest BCUT2D eigenvalue weighted by Gasteiger charge is 2.31. The number of hydrogen-bond acceptors (Lipinski definition) is 3. The van der Waals surface area contributed by atoms with E-state index in [1.807, 2.05) is 0 Å². The number of hydrogen-bond donors (Lipinski definition) is 3. The van der Waals surface area contributed by atoms with Gasteiger partial charge in [-0.05, 0) is 44.0 Å². The Hall–Kier alpha value is -1.42. The third-order valence-corrected chi connectivity index (χ3v) is 4.46.